The average Bonchev–Trinajstić information content (AvgIpc) is 3.43. The summed E-state index contributed by atoms with van der Waals surface area (Å²) in [6.45, 7) is 4.70. The molecule has 3 heterocycles. The summed E-state index contributed by atoms with van der Waals surface area (Å²) < 4.78 is 0. The third-order valence-corrected chi connectivity index (χ3v) is 9.83. The van der Waals surface area contributed by atoms with Gasteiger partial charge in [-0.25, -0.2) is 15.0 Å². The van der Waals surface area contributed by atoms with E-state index >= 15 is 0 Å². The van der Waals surface area contributed by atoms with Crippen LogP contribution in [0.3, 0.4) is 0 Å². The van der Waals surface area contributed by atoms with Crippen LogP contribution in [0.2, 0.25) is 0 Å². The minimum absolute atomic E-state index is 0.152. The Morgan fingerprint density at radius 1 is 0.391 bits per heavy atom. The number of fused-ring (bicyclic) bond motifs is 9. The molecule has 5 nitrogen and oxygen atoms in total. The largest absolute Gasteiger partial charge is 0.265 e. The van der Waals surface area contributed by atoms with Crippen molar-refractivity contribution >= 4 is 0 Å². The first-order valence-electron chi connectivity index (χ1n) is 15.6. The summed E-state index contributed by atoms with van der Waals surface area (Å²) >= 11 is 0. The molecule has 0 N–H and O–H groups in total. The van der Waals surface area contributed by atoms with Crippen molar-refractivity contribution in [3.8, 4) is 45.3 Å². The number of benzene rings is 4. The Hall–Kier alpha value is -5.81. The van der Waals surface area contributed by atoms with E-state index in [-0.39, 0.29) is 5.41 Å². The first-order valence-corrected chi connectivity index (χ1v) is 15.6. The van der Waals surface area contributed by atoms with E-state index in [4.69, 9.17) is 15.0 Å². The molecule has 9 rings (SSSR count). The van der Waals surface area contributed by atoms with Crippen LogP contribution in [0.5, 0.6) is 0 Å². The van der Waals surface area contributed by atoms with Crippen molar-refractivity contribution < 1.29 is 0 Å². The molecule has 0 bridgehead atoms. The lowest BCUT2D eigenvalue weighted by atomic mass is 9.55. The summed E-state index contributed by atoms with van der Waals surface area (Å²) in [4.78, 5) is 23.6. The molecule has 0 amide bonds. The van der Waals surface area contributed by atoms with Gasteiger partial charge in [-0.2, -0.15) is 0 Å². The molecule has 218 valence electrons. The van der Waals surface area contributed by atoms with E-state index in [1.165, 1.54) is 38.9 Å². The van der Waals surface area contributed by atoms with Crippen LogP contribution >= 0.6 is 0 Å². The topological polar surface area (TPSA) is 64.5 Å². The van der Waals surface area contributed by atoms with Gasteiger partial charge in [0, 0.05) is 46.9 Å². The number of hydrogen-bond donors (Lipinski definition) is 0. The standard InChI is InChI=1S/C41H29N5/c1-40(2)31-13-5-7-15-33(31)41(34-16-8-6-14-32(34)40)30-12-4-3-10-28(30)36-29(11-9-17-35(36)41)39-45-37(26-18-22-42-23-19-26)44-38(46-39)27-20-24-43-25-21-27/h3-25H,1-2H3. The van der Waals surface area contributed by atoms with Crippen molar-refractivity contribution in [1.82, 2.24) is 24.9 Å². The van der Waals surface area contributed by atoms with Crippen molar-refractivity contribution in [1.29, 1.82) is 0 Å². The summed E-state index contributed by atoms with van der Waals surface area (Å²) in [5.41, 5.74) is 12.4. The fourth-order valence-electron chi connectivity index (χ4n) is 7.85. The Balaban J connectivity index is 1.38. The highest BCUT2D eigenvalue weighted by atomic mass is 15.0. The van der Waals surface area contributed by atoms with Crippen LogP contribution in [0.25, 0.3) is 45.3 Å². The van der Waals surface area contributed by atoms with E-state index < -0.39 is 5.41 Å². The highest BCUT2D eigenvalue weighted by Crippen LogP contribution is 2.63. The predicted molar refractivity (Wildman–Crippen MR) is 181 cm³/mol. The van der Waals surface area contributed by atoms with Gasteiger partial charge < -0.3 is 0 Å². The fourth-order valence-corrected chi connectivity index (χ4v) is 7.85. The van der Waals surface area contributed by atoms with Gasteiger partial charge in [-0.15, -0.1) is 0 Å². The van der Waals surface area contributed by atoms with E-state index in [0.717, 1.165) is 22.3 Å². The molecule has 0 saturated heterocycles. The van der Waals surface area contributed by atoms with Gasteiger partial charge in [-0.1, -0.05) is 105 Å². The van der Waals surface area contributed by atoms with Crippen molar-refractivity contribution in [3.05, 3.63) is 173 Å². The zero-order chi connectivity index (χ0) is 30.9. The predicted octanol–water partition coefficient (Wildman–Crippen LogP) is 8.67. The zero-order valence-electron chi connectivity index (χ0n) is 25.5. The molecule has 0 atom stereocenters. The van der Waals surface area contributed by atoms with Crippen molar-refractivity contribution in [2.45, 2.75) is 24.7 Å². The van der Waals surface area contributed by atoms with E-state index in [0.29, 0.717) is 17.5 Å². The maximum absolute atomic E-state index is 5.13. The van der Waals surface area contributed by atoms with E-state index in [9.17, 15) is 0 Å². The molecule has 0 fully saturated rings. The number of nitrogens with zero attached hydrogens (tertiary/aromatic N) is 5. The van der Waals surface area contributed by atoms with E-state index in [2.05, 4.69) is 115 Å². The van der Waals surface area contributed by atoms with E-state index in [1.807, 2.05) is 24.3 Å². The van der Waals surface area contributed by atoms with Crippen LogP contribution in [-0.2, 0) is 10.8 Å². The molecule has 3 aromatic heterocycles. The van der Waals surface area contributed by atoms with Crippen LogP contribution in [0, 0.1) is 0 Å². The fraction of sp³-hybridized carbons (Fsp3) is 0.0976. The molecule has 0 radical (unpaired) electrons. The molecule has 2 aliphatic rings. The zero-order valence-corrected chi connectivity index (χ0v) is 25.5. The highest BCUT2D eigenvalue weighted by Gasteiger charge is 2.53. The van der Waals surface area contributed by atoms with Crippen LogP contribution < -0.4 is 0 Å². The van der Waals surface area contributed by atoms with Crippen LogP contribution in [0.15, 0.2) is 140 Å². The summed E-state index contributed by atoms with van der Waals surface area (Å²) in [5, 5.41) is 0. The first-order chi connectivity index (χ1) is 22.6. The van der Waals surface area contributed by atoms with Gasteiger partial charge in [-0.05, 0) is 68.8 Å². The monoisotopic (exact) mass is 591 g/mol. The molecule has 4 aromatic carbocycles. The smallest absolute Gasteiger partial charge is 0.164 e. The molecule has 2 aliphatic carbocycles. The third-order valence-electron chi connectivity index (χ3n) is 9.83. The SMILES string of the molecule is CC1(C)c2ccccc2C2(c3ccccc3-c3c(-c4nc(-c5ccncc5)nc(-c5ccncc5)n4)cccc32)c2ccccc21. The second-order valence-electron chi connectivity index (χ2n) is 12.5. The van der Waals surface area contributed by atoms with Crippen molar-refractivity contribution in [2.24, 2.45) is 0 Å². The molecule has 0 unspecified atom stereocenters. The number of aromatic nitrogens is 5. The average molecular weight is 592 g/mol. The Kier molecular flexibility index (Phi) is 5.69. The molecule has 1 spiro atoms. The number of pyridine rings is 2. The lowest BCUT2D eigenvalue weighted by Crippen LogP contribution is -2.40. The normalized spacial score (nSPS) is 14.7. The molecule has 46 heavy (non-hydrogen) atoms. The molecule has 0 saturated carbocycles. The van der Waals surface area contributed by atoms with Crippen LogP contribution in [-0.4, -0.2) is 24.9 Å². The summed E-state index contributed by atoms with van der Waals surface area (Å²) in [5.74, 6) is 1.84. The lowest BCUT2D eigenvalue weighted by Gasteiger charge is -2.46. The van der Waals surface area contributed by atoms with Crippen LogP contribution in [0.1, 0.15) is 47.2 Å². The summed E-state index contributed by atoms with van der Waals surface area (Å²) in [6.07, 6.45) is 7.07. The Bertz CT molecular complexity index is 2190. The second-order valence-corrected chi connectivity index (χ2v) is 12.5. The maximum atomic E-state index is 5.13. The second kappa shape index (κ2) is 9.85. The van der Waals surface area contributed by atoms with Crippen LogP contribution in [0.4, 0.5) is 0 Å². The van der Waals surface area contributed by atoms with Gasteiger partial charge in [0.15, 0.2) is 17.5 Å². The molecular weight excluding hydrogens is 562 g/mol. The first kappa shape index (κ1) is 26.6. The molecule has 0 aliphatic heterocycles. The molecule has 5 heteroatoms. The van der Waals surface area contributed by atoms with Gasteiger partial charge in [-0.3, -0.25) is 9.97 Å². The van der Waals surface area contributed by atoms with Gasteiger partial charge >= 0.3 is 0 Å². The minimum Gasteiger partial charge on any atom is -0.265 e. The highest BCUT2D eigenvalue weighted by molar-refractivity contribution is 5.95. The van der Waals surface area contributed by atoms with Gasteiger partial charge in [0.2, 0.25) is 0 Å². The Morgan fingerprint density at radius 2 is 0.826 bits per heavy atom. The Morgan fingerprint density at radius 3 is 1.39 bits per heavy atom. The van der Waals surface area contributed by atoms with Gasteiger partial charge in [0.05, 0.1) is 5.41 Å². The number of hydrogen-bond acceptors (Lipinski definition) is 5. The minimum atomic E-state index is -0.487. The van der Waals surface area contributed by atoms with E-state index in [1.54, 1.807) is 24.8 Å². The van der Waals surface area contributed by atoms with Gasteiger partial charge in [0.25, 0.3) is 0 Å². The van der Waals surface area contributed by atoms with Gasteiger partial charge in [0.1, 0.15) is 0 Å². The number of rotatable bonds is 3. The summed E-state index contributed by atoms with van der Waals surface area (Å²) in [6, 6.07) is 41.2. The van der Waals surface area contributed by atoms with Crippen molar-refractivity contribution in [2.75, 3.05) is 0 Å². The van der Waals surface area contributed by atoms with Crippen molar-refractivity contribution in [3.63, 3.8) is 0 Å². The quantitative estimate of drug-likeness (QED) is 0.206. The molecule has 7 aromatic rings. The summed E-state index contributed by atoms with van der Waals surface area (Å²) in [7, 11) is 0. The molecular formula is C41H29N5. The maximum Gasteiger partial charge on any atom is 0.164 e. The third kappa shape index (κ3) is 3.60. The Labute approximate surface area is 267 Å². The lowest BCUT2D eigenvalue weighted by molar-refractivity contribution is 0.563.